The quantitative estimate of drug-likeness (QED) is 0.701. The number of fused-ring (bicyclic) bond motifs is 4. The van der Waals surface area contributed by atoms with E-state index in [0.717, 1.165) is 29.2 Å². The third kappa shape index (κ3) is 2.50. The average molecular weight is 416 g/mol. The Labute approximate surface area is 173 Å². The molecule has 2 atom stereocenters. The van der Waals surface area contributed by atoms with Crippen molar-refractivity contribution in [2.24, 2.45) is 10.5 Å². The van der Waals surface area contributed by atoms with Crippen LogP contribution in [0.2, 0.25) is 10.0 Å². The van der Waals surface area contributed by atoms with Crippen LogP contribution in [0.4, 0.5) is 11.4 Å². The molecular formula is C21H19Cl2N3O2. The number of amides is 1. The first-order chi connectivity index (χ1) is 13.5. The van der Waals surface area contributed by atoms with E-state index in [9.17, 15) is 4.79 Å². The molecule has 0 aliphatic carbocycles. The second kappa shape index (κ2) is 6.48. The fraction of sp³-hybridized carbons (Fsp3) is 0.333. The lowest BCUT2D eigenvalue weighted by atomic mass is 9.68. The molecule has 0 radical (unpaired) electrons. The van der Waals surface area contributed by atoms with E-state index in [-0.39, 0.29) is 11.9 Å². The van der Waals surface area contributed by atoms with E-state index in [0.29, 0.717) is 29.7 Å². The van der Waals surface area contributed by atoms with Crippen molar-refractivity contribution >= 4 is 46.2 Å². The second-order valence-corrected chi connectivity index (χ2v) is 8.36. The zero-order chi connectivity index (χ0) is 19.5. The minimum Gasteiger partial charge on any atom is -0.377 e. The van der Waals surface area contributed by atoms with Crippen LogP contribution in [0.25, 0.3) is 0 Å². The Morgan fingerprint density at radius 2 is 1.89 bits per heavy atom. The monoisotopic (exact) mass is 415 g/mol. The Morgan fingerprint density at radius 1 is 1.14 bits per heavy atom. The van der Waals surface area contributed by atoms with Crippen LogP contribution >= 0.6 is 23.2 Å². The molecule has 3 heterocycles. The molecule has 1 saturated heterocycles. The second-order valence-electron chi connectivity index (χ2n) is 7.48. The molecule has 3 aliphatic rings. The van der Waals surface area contributed by atoms with Gasteiger partial charge < -0.3 is 9.64 Å². The van der Waals surface area contributed by atoms with Crippen molar-refractivity contribution in [2.45, 2.75) is 19.4 Å². The van der Waals surface area contributed by atoms with Crippen LogP contribution in [0.1, 0.15) is 12.5 Å². The van der Waals surface area contributed by atoms with Gasteiger partial charge in [0.1, 0.15) is 5.41 Å². The lowest BCUT2D eigenvalue weighted by Gasteiger charge is -2.50. The van der Waals surface area contributed by atoms with Gasteiger partial charge in [-0.2, -0.15) is 10.1 Å². The van der Waals surface area contributed by atoms with Gasteiger partial charge in [0.25, 0.3) is 5.91 Å². The Kier molecular flexibility index (Phi) is 4.16. The predicted molar refractivity (Wildman–Crippen MR) is 112 cm³/mol. The van der Waals surface area contributed by atoms with Crippen molar-refractivity contribution in [1.29, 1.82) is 0 Å². The summed E-state index contributed by atoms with van der Waals surface area (Å²) in [7, 11) is 0. The maximum absolute atomic E-state index is 13.8. The van der Waals surface area contributed by atoms with Gasteiger partial charge in [-0.1, -0.05) is 29.3 Å². The first-order valence-corrected chi connectivity index (χ1v) is 10.0. The summed E-state index contributed by atoms with van der Waals surface area (Å²) in [6.45, 7) is 3.78. The molecule has 3 aliphatic heterocycles. The summed E-state index contributed by atoms with van der Waals surface area (Å²) in [5.74, 6) is -0.0200. The van der Waals surface area contributed by atoms with Crippen LogP contribution < -0.4 is 9.91 Å². The molecule has 0 bridgehead atoms. The van der Waals surface area contributed by atoms with Crippen LogP contribution in [0.3, 0.4) is 0 Å². The first kappa shape index (κ1) is 18.0. The highest BCUT2D eigenvalue weighted by Crippen LogP contribution is 2.48. The molecule has 0 unspecified atom stereocenters. The highest BCUT2D eigenvalue weighted by Gasteiger charge is 2.59. The summed E-state index contributed by atoms with van der Waals surface area (Å²) in [6.07, 6.45) is 0.586. The molecule has 2 aromatic rings. The van der Waals surface area contributed by atoms with Gasteiger partial charge in [-0.15, -0.1) is 0 Å². The smallest absolute Gasteiger partial charge is 0.261 e. The number of carbonyl (C=O) groups excluding carboxylic acids is 1. The number of nitrogens with zero attached hydrogens (tertiary/aromatic N) is 3. The maximum Gasteiger partial charge on any atom is 0.261 e. The van der Waals surface area contributed by atoms with Gasteiger partial charge in [-0.25, -0.2) is 0 Å². The topological polar surface area (TPSA) is 45.1 Å². The van der Waals surface area contributed by atoms with E-state index in [2.05, 4.69) is 10.0 Å². The number of anilines is 2. The standard InChI is InChI=1S/C21H19Cl2N3O2/c1-13-21(20(27)26(24-13)17-6-4-15(22)5-7-17)11-14-2-3-16(23)10-18(14)25-8-9-28-12-19(21)25/h2-7,10,19H,8-9,11-12H2,1H3/t19-,21+/m1/s1. The van der Waals surface area contributed by atoms with Crippen LogP contribution in [-0.2, 0) is 16.0 Å². The van der Waals surface area contributed by atoms with Crippen molar-refractivity contribution in [2.75, 3.05) is 29.7 Å². The number of rotatable bonds is 1. The Bertz CT molecular complexity index is 992. The van der Waals surface area contributed by atoms with Gasteiger partial charge in [0.15, 0.2) is 0 Å². The number of halogens is 2. The van der Waals surface area contributed by atoms with Crippen LogP contribution in [-0.4, -0.2) is 37.4 Å². The van der Waals surface area contributed by atoms with Crippen LogP contribution in [0.15, 0.2) is 47.6 Å². The molecule has 1 amide bonds. The van der Waals surface area contributed by atoms with Crippen LogP contribution in [0.5, 0.6) is 0 Å². The summed E-state index contributed by atoms with van der Waals surface area (Å²) in [5, 5.41) is 7.52. The van der Waals surface area contributed by atoms with E-state index >= 15 is 0 Å². The molecule has 28 heavy (non-hydrogen) atoms. The number of benzene rings is 2. The summed E-state index contributed by atoms with van der Waals surface area (Å²) in [4.78, 5) is 16.1. The molecule has 5 rings (SSSR count). The molecule has 0 aromatic heterocycles. The molecule has 1 spiro atoms. The lowest BCUT2D eigenvalue weighted by molar-refractivity contribution is -0.126. The number of carbonyl (C=O) groups is 1. The molecule has 144 valence electrons. The van der Waals surface area contributed by atoms with Gasteiger partial charge >= 0.3 is 0 Å². The van der Waals surface area contributed by atoms with Gasteiger partial charge in [0.2, 0.25) is 0 Å². The molecule has 7 heteroatoms. The maximum atomic E-state index is 13.8. The number of morpholine rings is 1. The van der Waals surface area contributed by atoms with Crippen LogP contribution in [0, 0.1) is 5.41 Å². The number of ether oxygens (including phenoxy) is 1. The Hall–Kier alpha value is -2.08. The van der Waals surface area contributed by atoms with Crippen molar-refractivity contribution in [3.05, 3.63) is 58.1 Å². The highest BCUT2D eigenvalue weighted by atomic mass is 35.5. The van der Waals surface area contributed by atoms with Gasteiger partial charge in [-0.3, -0.25) is 4.79 Å². The van der Waals surface area contributed by atoms with E-state index in [1.807, 2.05) is 37.3 Å². The zero-order valence-electron chi connectivity index (χ0n) is 15.4. The summed E-state index contributed by atoms with van der Waals surface area (Å²) < 4.78 is 5.81. The van der Waals surface area contributed by atoms with Crippen molar-refractivity contribution in [3.8, 4) is 0 Å². The number of hydrazone groups is 1. The summed E-state index contributed by atoms with van der Waals surface area (Å²) in [6, 6.07) is 13.0. The predicted octanol–water partition coefficient (Wildman–Crippen LogP) is 4.16. The third-order valence-electron chi connectivity index (χ3n) is 6.06. The number of hydrogen-bond donors (Lipinski definition) is 0. The van der Waals surface area contributed by atoms with Crippen molar-refractivity contribution in [3.63, 3.8) is 0 Å². The molecule has 0 saturated carbocycles. The van der Waals surface area contributed by atoms with Gasteiger partial charge in [0, 0.05) is 22.3 Å². The fourth-order valence-electron chi connectivity index (χ4n) is 4.65. The van der Waals surface area contributed by atoms with E-state index < -0.39 is 5.41 Å². The molecule has 1 fully saturated rings. The highest BCUT2D eigenvalue weighted by molar-refractivity contribution is 6.31. The first-order valence-electron chi connectivity index (χ1n) is 9.29. The van der Waals surface area contributed by atoms with Crippen molar-refractivity contribution < 1.29 is 9.53 Å². The minimum absolute atomic E-state index is 0.0200. The number of hydrogen-bond acceptors (Lipinski definition) is 4. The average Bonchev–Trinajstić information content (AvgIpc) is 2.95. The van der Waals surface area contributed by atoms with Gasteiger partial charge in [-0.05, 0) is 55.3 Å². The minimum atomic E-state index is -0.749. The fourth-order valence-corrected chi connectivity index (χ4v) is 4.94. The normalized spacial score (nSPS) is 26.3. The largest absolute Gasteiger partial charge is 0.377 e. The van der Waals surface area contributed by atoms with Crippen molar-refractivity contribution in [1.82, 2.24) is 0 Å². The van der Waals surface area contributed by atoms with E-state index in [1.165, 1.54) is 5.01 Å². The zero-order valence-corrected chi connectivity index (χ0v) is 16.9. The van der Waals surface area contributed by atoms with E-state index in [1.54, 1.807) is 12.1 Å². The van der Waals surface area contributed by atoms with E-state index in [4.69, 9.17) is 27.9 Å². The SMILES string of the molecule is CC1=NN(c2ccc(Cl)cc2)C(=O)[C@@]12Cc1ccc(Cl)cc1N1CCOC[C@@H]12. The lowest BCUT2D eigenvalue weighted by Crippen LogP contribution is -2.64. The Balaban J connectivity index is 1.62. The molecular weight excluding hydrogens is 397 g/mol. The summed E-state index contributed by atoms with van der Waals surface area (Å²) in [5.41, 5.74) is 2.99. The summed E-state index contributed by atoms with van der Waals surface area (Å²) >= 11 is 12.3. The molecule has 0 N–H and O–H groups in total. The van der Waals surface area contributed by atoms with Gasteiger partial charge in [0.05, 0.1) is 30.7 Å². The Morgan fingerprint density at radius 3 is 2.68 bits per heavy atom. The molecule has 2 aromatic carbocycles. The third-order valence-corrected chi connectivity index (χ3v) is 6.55. The molecule has 5 nitrogen and oxygen atoms in total.